The second kappa shape index (κ2) is 6.45. The molecule has 142 valence electrons. The van der Waals surface area contributed by atoms with Crippen LogP contribution in [0, 0.1) is 0 Å². The van der Waals surface area contributed by atoms with E-state index in [1.165, 1.54) is 12.1 Å². The summed E-state index contributed by atoms with van der Waals surface area (Å²) in [6.45, 7) is -0.666. The van der Waals surface area contributed by atoms with Gasteiger partial charge in [-0.25, -0.2) is 4.79 Å². The number of rotatable bonds is 4. The summed E-state index contributed by atoms with van der Waals surface area (Å²) in [6, 6.07) is 6.85. The number of ether oxygens (including phenoxy) is 1. The number of carbonyl (C=O) groups excluding carboxylic acids is 4. The summed E-state index contributed by atoms with van der Waals surface area (Å²) in [6.07, 6.45) is 0.0211. The van der Waals surface area contributed by atoms with Crippen molar-refractivity contribution >= 4 is 40.4 Å². The molecule has 1 fully saturated rings. The Morgan fingerprint density at radius 1 is 1.14 bits per heavy atom. The fourth-order valence-corrected chi connectivity index (χ4v) is 3.56. The van der Waals surface area contributed by atoms with Crippen LogP contribution in [0.15, 0.2) is 30.3 Å². The Morgan fingerprint density at radius 2 is 1.93 bits per heavy atom. The highest BCUT2D eigenvalue weighted by atomic mass is 16.5. The number of nitrogens with one attached hydrogen (secondary N) is 1. The summed E-state index contributed by atoms with van der Waals surface area (Å²) < 4.78 is 5.26. The number of hydrogen-bond donors (Lipinski definition) is 2. The average Bonchev–Trinajstić information content (AvgIpc) is 2.66. The first kappa shape index (κ1) is 17.7. The van der Waals surface area contributed by atoms with Crippen LogP contribution in [0.4, 0.5) is 0 Å². The van der Waals surface area contributed by atoms with Crippen molar-refractivity contribution in [3.8, 4) is 5.75 Å². The smallest absolute Gasteiger partial charge is 0.341 e. The zero-order chi connectivity index (χ0) is 20.0. The third-order valence-corrected chi connectivity index (χ3v) is 4.76. The first-order chi connectivity index (χ1) is 13.4. The molecule has 1 saturated heterocycles. The molecule has 1 atom stereocenters. The Hall–Kier alpha value is -3.75. The van der Waals surface area contributed by atoms with Gasteiger partial charge in [0, 0.05) is 17.4 Å². The number of hydrogen-bond acceptors (Lipinski definition) is 6. The standard InChI is InChI=1S/C19H14N2O7/c22-13-7-5-11(17(25)20-13)21-18(26)10-3-1-2-9-4-6-12(28-8-14(23)24)16(15(9)10)19(21)27/h1-4,6,11H,5,7-8H2,(H,23,24)(H,20,22,25). The number of imide groups is 2. The molecule has 1 unspecified atom stereocenters. The Bertz CT molecular complexity index is 1080. The van der Waals surface area contributed by atoms with Crippen molar-refractivity contribution in [2.45, 2.75) is 18.9 Å². The van der Waals surface area contributed by atoms with Crippen LogP contribution in [0.1, 0.15) is 33.6 Å². The van der Waals surface area contributed by atoms with E-state index in [9.17, 15) is 24.0 Å². The number of piperidine rings is 1. The Morgan fingerprint density at radius 3 is 2.64 bits per heavy atom. The van der Waals surface area contributed by atoms with Gasteiger partial charge in [-0.15, -0.1) is 0 Å². The fourth-order valence-electron chi connectivity index (χ4n) is 3.56. The van der Waals surface area contributed by atoms with Crippen molar-refractivity contribution in [2.75, 3.05) is 6.61 Å². The summed E-state index contributed by atoms with van der Waals surface area (Å²) in [5, 5.41) is 12.0. The average molecular weight is 382 g/mol. The molecule has 0 radical (unpaired) electrons. The van der Waals surface area contributed by atoms with Crippen molar-refractivity contribution < 1.29 is 33.8 Å². The van der Waals surface area contributed by atoms with Crippen LogP contribution in [-0.2, 0) is 14.4 Å². The molecule has 28 heavy (non-hydrogen) atoms. The van der Waals surface area contributed by atoms with E-state index in [1.54, 1.807) is 18.2 Å². The molecule has 0 bridgehead atoms. The van der Waals surface area contributed by atoms with Crippen molar-refractivity contribution in [3.05, 3.63) is 41.5 Å². The van der Waals surface area contributed by atoms with Crippen LogP contribution in [0.25, 0.3) is 10.8 Å². The summed E-state index contributed by atoms with van der Waals surface area (Å²) in [7, 11) is 0. The monoisotopic (exact) mass is 382 g/mol. The number of carboxylic acids is 1. The van der Waals surface area contributed by atoms with Gasteiger partial charge in [0.1, 0.15) is 11.8 Å². The van der Waals surface area contributed by atoms with Gasteiger partial charge in [0.25, 0.3) is 11.8 Å². The van der Waals surface area contributed by atoms with E-state index < -0.39 is 42.2 Å². The molecule has 4 amide bonds. The Kier molecular flexibility index (Phi) is 4.07. The van der Waals surface area contributed by atoms with Gasteiger partial charge in [0.05, 0.1) is 5.56 Å². The highest BCUT2D eigenvalue weighted by Gasteiger charge is 2.43. The maximum Gasteiger partial charge on any atom is 0.341 e. The van der Waals surface area contributed by atoms with Gasteiger partial charge in [0.2, 0.25) is 11.8 Å². The third-order valence-electron chi connectivity index (χ3n) is 4.76. The second-order valence-corrected chi connectivity index (χ2v) is 6.47. The van der Waals surface area contributed by atoms with E-state index >= 15 is 0 Å². The molecule has 2 heterocycles. The van der Waals surface area contributed by atoms with E-state index in [1.807, 2.05) is 0 Å². The van der Waals surface area contributed by atoms with E-state index in [4.69, 9.17) is 9.84 Å². The fraction of sp³-hybridized carbons (Fsp3) is 0.211. The molecule has 2 aliphatic rings. The van der Waals surface area contributed by atoms with Crippen LogP contribution in [-0.4, -0.2) is 52.3 Å². The van der Waals surface area contributed by atoms with E-state index in [0.29, 0.717) is 10.8 Å². The molecule has 2 aromatic carbocycles. The number of carbonyl (C=O) groups is 5. The molecular formula is C19H14N2O7. The normalized spacial score (nSPS) is 19.0. The first-order valence-corrected chi connectivity index (χ1v) is 8.50. The molecule has 0 spiro atoms. The van der Waals surface area contributed by atoms with Gasteiger partial charge in [-0.2, -0.15) is 0 Å². The van der Waals surface area contributed by atoms with E-state index in [0.717, 1.165) is 4.90 Å². The van der Waals surface area contributed by atoms with Gasteiger partial charge in [-0.05, 0) is 23.9 Å². The topological polar surface area (TPSA) is 130 Å². The molecule has 0 saturated carbocycles. The lowest BCUT2D eigenvalue weighted by molar-refractivity contribution is -0.139. The van der Waals surface area contributed by atoms with E-state index in [2.05, 4.69) is 5.32 Å². The number of carboxylic acid groups (broad SMARTS) is 1. The van der Waals surface area contributed by atoms with Crippen LogP contribution < -0.4 is 10.1 Å². The lowest BCUT2D eigenvalue weighted by atomic mass is 9.91. The largest absolute Gasteiger partial charge is 0.481 e. The SMILES string of the molecule is O=C(O)COc1ccc2cccc3c2c1C(=O)N(C1CCC(=O)NC1=O)C3=O. The molecule has 2 N–H and O–H groups in total. The molecule has 9 nitrogen and oxygen atoms in total. The van der Waals surface area contributed by atoms with E-state index in [-0.39, 0.29) is 29.7 Å². The third kappa shape index (κ3) is 2.68. The van der Waals surface area contributed by atoms with Gasteiger partial charge in [-0.1, -0.05) is 18.2 Å². The van der Waals surface area contributed by atoms with Gasteiger partial charge in [-0.3, -0.25) is 29.4 Å². The predicted molar refractivity (Wildman–Crippen MR) is 93.8 cm³/mol. The van der Waals surface area contributed by atoms with Crippen LogP contribution in [0.2, 0.25) is 0 Å². The maximum atomic E-state index is 13.2. The van der Waals surface area contributed by atoms with Crippen molar-refractivity contribution in [3.63, 3.8) is 0 Å². The minimum Gasteiger partial charge on any atom is -0.481 e. The molecule has 4 rings (SSSR count). The van der Waals surface area contributed by atoms with Crippen LogP contribution in [0.5, 0.6) is 5.75 Å². The summed E-state index contributed by atoms with van der Waals surface area (Å²) in [4.78, 5) is 61.6. The molecule has 0 aromatic heterocycles. The quantitative estimate of drug-likeness (QED) is 0.745. The van der Waals surface area contributed by atoms with Gasteiger partial charge in [0.15, 0.2) is 6.61 Å². The zero-order valence-corrected chi connectivity index (χ0v) is 14.4. The summed E-state index contributed by atoms with van der Waals surface area (Å²) in [5.41, 5.74) is 0.233. The molecule has 2 aliphatic heterocycles. The Labute approximate surface area is 157 Å². The van der Waals surface area contributed by atoms with Gasteiger partial charge < -0.3 is 9.84 Å². The number of amides is 4. The second-order valence-electron chi connectivity index (χ2n) is 6.47. The summed E-state index contributed by atoms with van der Waals surface area (Å²) in [5.74, 6) is -3.81. The zero-order valence-electron chi connectivity index (χ0n) is 14.4. The van der Waals surface area contributed by atoms with Crippen LogP contribution >= 0.6 is 0 Å². The number of nitrogens with zero attached hydrogens (tertiary/aromatic N) is 1. The highest BCUT2D eigenvalue weighted by molar-refractivity contribution is 6.27. The highest BCUT2D eigenvalue weighted by Crippen LogP contribution is 2.37. The Balaban J connectivity index is 1.86. The lowest BCUT2D eigenvalue weighted by Gasteiger charge is -2.34. The molecule has 2 aromatic rings. The minimum absolute atomic E-state index is 0.00167. The minimum atomic E-state index is -1.22. The molecular weight excluding hydrogens is 368 g/mol. The van der Waals surface area contributed by atoms with Crippen LogP contribution in [0.3, 0.4) is 0 Å². The predicted octanol–water partition coefficient (Wildman–Crippen LogP) is 0.704. The van der Waals surface area contributed by atoms with Crippen molar-refractivity contribution in [1.82, 2.24) is 10.2 Å². The number of aliphatic carboxylic acids is 1. The number of benzene rings is 2. The molecule has 9 heteroatoms. The van der Waals surface area contributed by atoms with Crippen molar-refractivity contribution in [1.29, 1.82) is 0 Å². The molecule has 0 aliphatic carbocycles. The maximum absolute atomic E-state index is 13.2. The summed E-state index contributed by atoms with van der Waals surface area (Å²) >= 11 is 0. The van der Waals surface area contributed by atoms with Gasteiger partial charge >= 0.3 is 5.97 Å². The lowest BCUT2D eigenvalue weighted by Crippen LogP contribution is -2.57. The first-order valence-electron chi connectivity index (χ1n) is 8.50. The van der Waals surface area contributed by atoms with Crippen molar-refractivity contribution in [2.24, 2.45) is 0 Å².